The molecule has 0 fully saturated rings. The van der Waals surface area contributed by atoms with Crippen molar-refractivity contribution in [2.24, 2.45) is 5.16 Å². The highest BCUT2D eigenvalue weighted by atomic mass is 32.1. The minimum absolute atomic E-state index is 0.0181. The first kappa shape index (κ1) is 15.8. The van der Waals surface area contributed by atoms with E-state index < -0.39 is 4.92 Å². The molecule has 0 radical (unpaired) electrons. The third-order valence-electron chi connectivity index (χ3n) is 3.36. The number of benzene rings is 1. The minimum Gasteiger partial charge on any atom is -0.411 e. The van der Waals surface area contributed by atoms with E-state index >= 15 is 0 Å². The van der Waals surface area contributed by atoms with Crippen molar-refractivity contribution in [1.82, 2.24) is 9.97 Å². The van der Waals surface area contributed by atoms with E-state index in [9.17, 15) is 10.1 Å². The Labute approximate surface area is 141 Å². The molecular weight excluding hydrogens is 328 g/mol. The van der Waals surface area contributed by atoms with Gasteiger partial charge in [-0.1, -0.05) is 17.3 Å². The van der Waals surface area contributed by atoms with E-state index in [1.165, 1.54) is 23.5 Å². The van der Waals surface area contributed by atoms with Crippen molar-refractivity contribution in [3.05, 3.63) is 63.8 Å². The maximum atomic E-state index is 11.0. The molecule has 2 heterocycles. The van der Waals surface area contributed by atoms with Gasteiger partial charge in [-0.2, -0.15) is 0 Å². The Bertz CT molecular complexity index is 922. The van der Waals surface area contributed by atoms with Crippen LogP contribution in [-0.4, -0.2) is 25.8 Å². The van der Waals surface area contributed by atoms with Gasteiger partial charge in [0.25, 0.3) is 5.69 Å². The van der Waals surface area contributed by atoms with Gasteiger partial charge in [0.1, 0.15) is 5.01 Å². The summed E-state index contributed by atoms with van der Waals surface area (Å²) in [4.78, 5) is 19.8. The number of hydrogen-bond donors (Lipinski definition) is 1. The van der Waals surface area contributed by atoms with Crippen molar-refractivity contribution in [3.8, 4) is 21.8 Å². The summed E-state index contributed by atoms with van der Waals surface area (Å²) in [5.41, 5.74) is 2.40. The molecule has 0 aliphatic heterocycles. The maximum Gasteiger partial charge on any atom is 0.270 e. The van der Waals surface area contributed by atoms with Crippen LogP contribution >= 0.6 is 11.3 Å². The van der Waals surface area contributed by atoms with E-state index in [1.807, 2.05) is 12.1 Å². The Morgan fingerprint density at radius 3 is 2.67 bits per heavy atom. The quantitative estimate of drug-likeness (QED) is 0.335. The third-order valence-corrected chi connectivity index (χ3v) is 4.58. The highest BCUT2D eigenvalue weighted by Crippen LogP contribution is 2.35. The van der Waals surface area contributed by atoms with Gasteiger partial charge in [-0.05, 0) is 19.1 Å². The van der Waals surface area contributed by atoms with Crippen molar-refractivity contribution < 1.29 is 10.1 Å². The van der Waals surface area contributed by atoms with Crippen LogP contribution in [0.1, 0.15) is 11.8 Å². The average molecular weight is 340 g/mol. The zero-order chi connectivity index (χ0) is 17.1. The Hall–Kier alpha value is -3.13. The summed E-state index contributed by atoms with van der Waals surface area (Å²) in [6.45, 7) is 1.66. The Morgan fingerprint density at radius 2 is 2.00 bits per heavy atom. The monoisotopic (exact) mass is 340 g/mol. The number of hydrogen-bond acceptors (Lipinski definition) is 7. The molecule has 0 atom stereocenters. The lowest BCUT2D eigenvalue weighted by Crippen LogP contribution is -1.95. The van der Waals surface area contributed by atoms with Gasteiger partial charge in [0, 0.05) is 35.7 Å². The van der Waals surface area contributed by atoms with Crippen LogP contribution in [0, 0.1) is 10.1 Å². The molecule has 2 aromatic heterocycles. The molecule has 1 aromatic carbocycles. The van der Waals surface area contributed by atoms with Crippen molar-refractivity contribution in [3.63, 3.8) is 0 Å². The van der Waals surface area contributed by atoms with Gasteiger partial charge in [0.2, 0.25) is 0 Å². The highest BCUT2D eigenvalue weighted by Gasteiger charge is 2.18. The van der Waals surface area contributed by atoms with Crippen LogP contribution in [0.25, 0.3) is 21.8 Å². The molecule has 0 aliphatic carbocycles. The molecule has 0 amide bonds. The largest absolute Gasteiger partial charge is 0.411 e. The van der Waals surface area contributed by atoms with Crippen LogP contribution in [0.2, 0.25) is 0 Å². The van der Waals surface area contributed by atoms with Crippen LogP contribution in [0.3, 0.4) is 0 Å². The summed E-state index contributed by atoms with van der Waals surface area (Å²) < 4.78 is 0. The van der Waals surface area contributed by atoms with E-state index in [4.69, 9.17) is 5.21 Å². The number of rotatable bonds is 4. The van der Waals surface area contributed by atoms with Gasteiger partial charge in [-0.25, -0.2) is 4.98 Å². The number of nitro groups is 1. The maximum absolute atomic E-state index is 11.0. The molecule has 8 heteroatoms. The van der Waals surface area contributed by atoms with Crippen molar-refractivity contribution in [2.75, 3.05) is 0 Å². The summed E-state index contributed by atoms with van der Waals surface area (Å²) in [7, 11) is 0. The Morgan fingerprint density at radius 1 is 1.25 bits per heavy atom. The second kappa shape index (κ2) is 6.55. The topological polar surface area (TPSA) is 102 Å². The second-order valence-corrected chi connectivity index (χ2v) is 5.92. The fourth-order valence-corrected chi connectivity index (χ4v) is 3.22. The van der Waals surface area contributed by atoms with E-state index in [-0.39, 0.29) is 5.69 Å². The third kappa shape index (κ3) is 2.99. The molecule has 0 aliphatic rings. The smallest absolute Gasteiger partial charge is 0.270 e. The zero-order valence-electron chi connectivity index (χ0n) is 12.6. The van der Waals surface area contributed by atoms with Crippen molar-refractivity contribution >= 4 is 22.7 Å². The SMILES string of the molecule is C/C(=N\O)c1sc(-c2ccncc2)nc1-c1cccc([N+](=O)[O-])c1. The first-order chi connectivity index (χ1) is 11.6. The minimum atomic E-state index is -0.452. The number of aromatic nitrogens is 2. The molecule has 24 heavy (non-hydrogen) atoms. The van der Waals surface area contributed by atoms with Crippen LogP contribution in [0.4, 0.5) is 5.69 Å². The fraction of sp³-hybridized carbons (Fsp3) is 0.0625. The summed E-state index contributed by atoms with van der Waals surface area (Å²) in [5, 5.41) is 24.1. The molecule has 3 aromatic rings. The number of thiazole rings is 1. The Kier molecular flexibility index (Phi) is 4.30. The molecule has 0 saturated heterocycles. The second-order valence-electron chi connectivity index (χ2n) is 4.93. The summed E-state index contributed by atoms with van der Waals surface area (Å²) in [6, 6.07) is 9.88. The Balaban J connectivity index is 2.18. The predicted octanol–water partition coefficient (Wildman–Crippen LogP) is 3.98. The molecule has 120 valence electrons. The molecule has 0 saturated carbocycles. The number of nitro benzene ring substituents is 1. The number of pyridine rings is 1. The summed E-state index contributed by atoms with van der Waals surface area (Å²) in [5.74, 6) is 0. The first-order valence-electron chi connectivity index (χ1n) is 6.95. The van der Waals surface area contributed by atoms with E-state index in [0.717, 1.165) is 10.6 Å². The van der Waals surface area contributed by atoms with Crippen LogP contribution in [0.5, 0.6) is 0 Å². The molecule has 0 spiro atoms. The lowest BCUT2D eigenvalue weighted by Gasteiger charge is -2.01. The first-order valence-corrected chi connectivity index (χ1v) is 7.77. The van der Waals surface area contributed by atoms with Crippen LogP contribution in [-0.2, 0) is 0 Å². The van der Waals surface area contributed by atoms with Crippen molar-refractivity contribution in [1.29, 1.82) is 0 Å². The zero-order valence-corrected chi connectivity index (χ0v) is 13.4. The van der Waals surface area contributed by atoms with E-state index in [2.05, 4.69) is 15.1 Å². The highest BCUT2D eigenvalue weighted by molar-refractivity contribution is 7.17. The van der Waals surface area contributed by atoms with Gasteiger partial charge in [-0.3, -0.25) is 15.1 Å². The normalized spacial score (nSPS) is 11.5. The summed E-state index contributed by atoms with van der Waals surface area (Å²) >= 11 is 1.35. The van der Waals surface area contributed by atoms with Gasteiger partial charge >= 0.3 is 0 Å². The number of nitrogens with zero attached hydrogens (tertiary/aromatic N) is 4. The molecule has 0 bridgehead atoms. The van der Waals surface area contributed by atoms with Gasteiger partial charge in [-0.15, -0.1) is 11.3 Å². The van der Waals surface area contributed by atoms with E-state index in [1.54, 1.807) is 31.5 Å². The molecule has 1 N–H and O–H groups in total. The van der Waals surface area contributed by atoms with Crippen molar-refractivity contribution in [2.45, 2.75) is 6.92 Å². The van der Waals surface area contributed by atoms with E-state index in [0.29, 0.717) is 21.8 Å². The molecular formula is C16H12N4O3S. The van der Waals surface area contributed by atoms with Crippen LogP contribution in [0.15, 0.2) is 53.9 Å². The van der Waals surface area contributed by atoms with Gasteiger partial charge in [0.05, 0.1) is 21.2 Å². The predicted molar refractivity (Wildman–Crippen MR) is 91.4 cm³/mol. The number of non-ortho nitro benzene ring substituents is 1. The van der Waals surface area contributed by atoms with Crippen LogP contribution < -0.4 is 0 Å². The lowest BCUT2D eigenvalue weighted by molar-refractivity contribution is -0.384. The average Bonchev–Trinajstić information content (AvgIpc) is 3.07. The van der Waals surface area contributed by atoms with Gasteiger partial charge in [0.15, 0.2) is 0 Å². The fourth-order valence-electron chi connectivity index (χ4n) is 2.19. The molecule has 0 unspecified atom stereocenters. The summed E-state index contributed by atoms with van der Waals surface area (Å²) in [6.07, 6.45) is 3.33. The van der Waals surface area contributed by atoms with Gasteiger partial charge < -0.3 is 5.21 Å². The molecule has 3 rings (SSSR count). The standard InChI is InChI=1S/C16H12N4O3S/c1-10(19-21)15-14(12-3-2-4-13(9-12)20(22)23)18-16(24-15)11-5-7-17-8-6-11/h2-9,21H,1H3/b19-10+. The molecule has 7 nitrogen and oxygen atoms in total. The lowest BCUT2D eigenvalue weighted by atomic mass is 10.1. The number of oxime groups is 1.